The van der Waals surface area contributed by atoms with Gasteiger partial charge in [0.15, 0.2) is 0 Å². The lowest BCUT2D eigenvalue weighted by molar-refractivity contribution is 0.0937. The summed E-state index contributed by atoms with van der Waals surface area (Å²) in [7, 11) is 0. The van der Waals surface area contributed by atoms with E-state index in [9.17, 15) is 9.18 Å². The molecule has 1 aromatic carbocycles. The fourth-order valence-electron chi connectivity index (χ4n) is 2.43. The van der Waals surface area contributed by atoms with Crippen molar-refractivity contribution in [3.8, 4) is 0 Å². The Labute approximate surface area is 125 Å². The summed E-state index contributed by atoms with van der Waals surface area (Å²) < 4.78 is 13.7. The summed E-state index contributed by atoms with van der Waals surface area (Å²) in [4.78, 5) is 12.2. The predicted molar refractivity (Wildman–Crippen MR) is 81.1 cm³/mol. The molecule has 0 bridgehead atoms. The number of hydrogen-bond donors (Lipinski definition) is 1. The van der Waals surface area contributed by atoms with Crippen LogP contribution in [0.3, 0.4) is 0 Å². The molecule has 5 heteroatoms. The molecule has 2 unspecified atom stereocenters. The SMILES string of the molecule is CCSC1CCCC1NC(=O)c1cccc(F)c1Br. The molecule has 1 aliphatic carbocycles. The zero-order valence-corrected chi connectivity index (χ0v) is 13.2. The number of rotatable bonds is 4. The minimum atomic E-state index is -0.404. The summed E-state index contributed by atoms with van der Waals surface area (Å²) in [6.07, 6.45) is 3.30. The normalized spacial score (nSPS) is 22.5. The summed E-state index contributed by atoms with van der Waals surface area (Å²) in [5.41, 5.74) is 0.368. The minimum Gasteiger partial charge on any atom is -0.348 e. The molecule has 2 rings (SSSR count). The Morgan fingerprint density at radius 2 is 2.32 bits per heavy atom. The van der Waals surface area contributed by atoms with Crippen molar-refractivity contribution in [3.05, 3.63) is 34.1 Å². The number of hydrogen-bond acceptors (Lipinski definition) is 2. The van der Waals surface area contributed by atoms with Crippen LogP contribution >= 0.6 is 27.7 Å². The smallest absolute Gasteiger partial charge is 0.252 e. The second-order valence-electron chi connectivity index (χ2n) is 4.61. The van der Waals surface area contributed by atoms with E-state index in [4.69, 9.17) is 0 Å². The van der Waals surface area contributed by atoms with Crippen LogP contribution in [0.15, 0.2) is 22.7 Å². The van der Waals surface area contributed by atoms with Crippen molar-refractivity contribution in [2.24, 2.45) is 0 Å². The van der Waals surface area contributed by atoms with E-state index in [1.54, 1.807) is 12.1 Å². The first-order chi connectivity index (χ1) is 9.13. The van der Waals surface area contributed by atoms with Crippen LogP contribution in [-0.4, -0.2) is 23.0 Å². The van der Waals surface area contributed by atoms with Gasteiger partial charge >= 0.3 is 0 Å². The molecule has 1 N–H and O–H groups in total. The Hall–Kier alpha value is -0.550. The lowest BCUT2D eigenvalue weighted by Gasteiger charge is -2.20. The van der Waals surface area contributed by atoms with Gasteiger partial charge in [0, 0.05) is 11.3 Å². The Morgan fingerprint density at radius 1 is 1.53 bits per heavy atom. The van der Waals surface area contributed by atoms with E-state index in [0.717, 1.165) is 25.0 Å². The van der Waals surface area contributed by atoms with Crippen molar-refractivity contribution in [3.63, 3.8) is 0 Å². The molecule has 0 heterocycles. The molecular weight excluding hydrogens is 329 g/mol. The van der Waals surface area contributed by atoms with Gasteiger partial charge in [-0.3, -0.25) is 4.79 Å². The average Bonchev–Trinajstić information content (AvgIpc) is 2.80. The average molecular weight is 346 g/mol. The van der Waals surface area contributed by atoms with Gasteiger partial charge in [0.1, 0.15) is 5.82 Å². The maximum atomic E-state index is 13.4. The summed E-state index contributed by atoms with van der Waals surface area (Å²) >= 11 is 5.03. The van der Waals surface area contributed by atoms with Crippen LogP contribution in [0.25, 0.3) is 0 Å². The van der Waals surface area contributed by atoms with Crippen molar-refractivity contribution in [2.45, 2.75) is 37.5 Å². The first-order valence-electron chi connectivity index (χ1n) is 6.50. The highest BCUT2D eigenvalue weighted by molar-refractivity contribution is 9.10. The molecule has 0 radical (unpaired) electrons. The van der Waals surface area contributed by atoms with Crippen molar-refractivity contribution < 1.29 is 9.18 Å². The molecule has 2 atom stereocenters. The number of halogens is 2. The standard InChI is InChI=1S/C14H17BrFNOS/c1-2-19-12-8-4-7-11(12)17-14(18)9-5-3-6-10(16)13(9)15/h3,5-6,11-12H,2,4,7-8H2,1H3,(H,17,18). The second-order valence-corrected chi connectivity index (χ2v) is 6.92. The van der Waals surface area contributed by atoms with Crippen molar-refractivity contribution in [1.29, 1.82) is 0 Å². The number of carbonyl (C=O) groups excluding carboxylic acids is 1. The minimum absolute atomic E-state index is 0.194. The van der Waals surface area contributed by atoms with Gasteiger partial charge in [-0.15, -0.1) is 0 Å². The van der Waals surface area contributed by atoms with Gasteiger partial charge < -0.3 is 5.32 Å². The van der Waals surface area contributed by atoms with Crippen LogP contribution in [0.4, 0.5) is 4.39 Å². The molecule has 1 aliphatic rings. The summed E-state index contributed by atoms with van der Waals surface area (Å²) in [6, 6.07) is 4.74. The van der Waals surface area contributed by atoms with Crippen LogP contribution in [0.5, 0.6) is 0 Å². The molecule has 1 amide bonds. The molecule has 104 valence electrons. The summed E-state index contributed by atoms with van der Waals surface area (Å²) in [5, 5.41) is 3.53. The zero-order chi connectivity index (χ0) is 13.8. The topological polar surface area (TPSA) is 29.1 Å². The second kappa shape index (κ2) is 6.75. The van der Waals surface area contributed by atoms with Crippen LogP contribution in [0.2, 0.25) is 0 Å². The first-order valence-corrected chi connectivity index (χ1v) is 8.34. The Bertz CT molecular complexity index is 469. The van der Waals surface area contributed by atoms with Gasteiger partial charge in [0.2, 0.25) is 0 Å². The third kappa shape index (κ3) is 3.51. The van der Waals surface area contributed by atoms with Crippen LogP contribution in [0.1, 0.15) is 36.5 Å². The van der Waals surface area contributed by atoms with Crippen LogP contribution in [-0.2, 0) is 0 Å². The van der Waals surface area contributed by atoms with Gasteiger partial charge in [-0.25, -0.2) is 4.39 Å². The molecular formula is C14H17BrFNOS. The van der Waals surface area contributed by atoms with Crippen LogP contribution < -0.4 is 5.32 Å². The number of amides is 1. The van der Waals surface area contributed by atoms with E-state index in [0.29, 0.717) is 10.8 Å². The first kappa shape index (κ1) is 14.9. The molecule has 0 spiro atoms. The monoisotopic (exact) mass is 345 g/mol. The van der Waals surface area contributed by atoms with Crippen LogP contribution in [0, 0.1) is 5.82 Å². The van der Waals surface area contributed by atoms with E-state index in [2.05, 4.69) is 28.2 Å². The van der Waals surface area contributed by atoms with Crippen molar-refractivity contribution in [1.82, 2.24) is 5.32 Å². The zero-order valence-electron chi connectivity index (χ0n) is 10.8. The third-order valence-electron chi connectivity index (χ3n) is 3.35. The molecule has 1 fully saturated rings. The lowest BCUT2D eigenvalue weighted by Crippen LogP contribution is -2.39. The lowest BCUT2D eigenvalue weighted by atomic mass is 10.1. The van der Waals surface area contributed by atoms with Crippen molar-refractivity contribution >= 4 is 33.6 Å². The fraction of sp³-hybridized carbons (Fsp3) is 0.500. The Balaban J connectivity index is 2.06. The molecule has 2 nitrogen and oxygen atoms in total. The van der Waals surface area contributed by atoms with Crippen molar-refractivity contribution in [2.75, 3.05) is 5.75 Å². The molecule has 1 aromatic rings. The maximum absolute atomic E-state index is 13.4. The highest BCUT2D eigenvalue weighted by Crippen LogP contribution is 2.30. The number of nitrogens with one attached hydrogen (secondary N) is 1. The highest BCUT2D eigenvalue weighted by Gasteiger charge is 2.29. The van der Waals surface area contributed by atoms with Gasteiger partial charge in [-0.1, -0.05) is 19.4 Å². The largest absolute Gasteiger partial charge is 0.348 e. The number of thioether (sulfide) groups is 1. The molecule has 0 aromatic heterocycles. The van der Waals surface area contributed by atoms with E-state index >= 15 is 0 Å². The van der Waals surface area contributed by atoms with Gasteiger partial charge in [-0.2, -0.15) is 11.8 Å². The van der Waals surface area contributed by atoms with E-state index < -0.39 is 5.82 Å². The van der Waals surface area contributed by atoms with E-state index in [1.807, 2.05) is 11.8 Å². The van der Waals surface area contributed by atoms with Gasteiger partial charge in [-0.05, 0) is 46.7 Å². The highest BCUT2D eigenvalue weighted by atomic mass is 79.9. The molecule has 0 aliphatic heterocycles. The third-order valence-corrected chi connectivity index (χ3v) is 5.48. The number of carbonyl (C=O) groups is 1. The Morgan fingerprint density at radius 3 is 3.05 bits per heavy atom. The van der Waals surface area contributed by atoms with E-state index in [1.165, 1.54) is 6.07 Å². The Kier molecular flexibility index (Phi) is 5.28. The number of benzene rings is 1. The quantitative estimate of drug-likeness (QED) is 0.893. The fourth-order valence-corrected chi connectivity index (χ4v) is 4.07. The summed E-state index contributed by atoms with van der Waals surface area (Å²) in [6.45, 7) is 2.13. The molecule has 0 saturated heterocycles. The van der Waals surface area contributed by atoms with E-state index in [-0.39, 0.29) is 16.4 Å². The molecule has 1 saturated carbocycles. The van der Waals surface area contributed by atoms with Gasteiger partial charge in [0.25, 0.3) is 5.91 Å². The summed E-state index contributed by atoms with van der Waals surface area (Å²) in [5.74, 6) is 0.458. The molecule has 19 heavy (non-hydrogen) atoms. The predicted octanol–water partition coefficient (Wildman–Crippen LogP) is 3.99. The van der Waals surface area contributed by atoms with Gasteiger partial charge in [0.05, 0.1) is 10.0 Å². The maximum Gasteiger partial charge on any atom is 0.252 e.